The van der Waals surface area contributed by atoms with Crippen LogP contribution in [-0.4, -0.2) is 25.2 Å². The molecule has 1 amide bonds. The molecule has 0 spiro atoms. The number of benzene rings is 2. The number of nitrogens with one attached hydrogen (secondary N) is 1. The van der Waals surface area contributed by atoms with E-state index in [0.29, 0.717) is 42.6 Å². The molecule has 1 aliphatic rings. The molecule has 2 aromatic rings. The fourth-order valence-corrected chi connectivity index (χ4v) is 2.62. The van der Waals surface area contributed by atoms with Gasteiger partial charge in [-0.25, -0.2) is 0 Å². The van der Waals surface area contributed by atoms with E-state index in [0.717, 1.165) is 5.56 Å². The second kappa shape index (κ2) is 7.47. The molecular formula is C20H23NO4. The van der Waals surface area contributed by atoms with Crippen LogP contribution < -0.4 is 19.5 Å². The molecule has 1 atom stereocenters. The zero-order valence-electron chi connectivity index (χ0n) is 14.8. The summed E-state index contributed by atoms with van der Waals surface area (Å²) < 4.78 is 16.9. The number of hydrogen-bond acceptors (Lipinski definition) is 4. The molecule has 3 rings (SSSR count). The van der Waals surface area contributed by atoms with Crippen LogP contribution in [0.25, 0.3) is 0 Å². The molecule has 1 N–H and O–H groups in total. The number of aryl methyl sites for hydroxylation is 2. The predicted molar refractivity (Wildman–Crippen MR) is 96.7 cm³/mol. The summed E-state index contributed by atoms with van der Waals surface area (Å²) in [7, 11) is 0. The van der Waals surface area contributed by atoms with Crippen LogP contribution in [0.15, 0.2) is 36.4 Å². The number of amides is 1. The van der Waals surface area contributed by atoms with Crippen LogP contribution in [0.4, 0.5) is 5.69 Å². The quantitative estimate of drug-likeness (QED) is 0.897. The number of anilines is 1. The summed E-state index contributed by atoms with van der Waals surface area (Å²) in [6.07, 6.45) is 0.0128. The van der Waals surface area contributed by atoms with Crippen molar-refractivity contribution >= 4 is 11.6 Å². The second-order valence-electron chi connectivity index (χ2n) is 6.11. The highest BCUT2D eigenvalue weighted by Gasteiger charge is 2.20. The highest BCUT2D eigenvalue weighted by molar-refractivity contribution is 5.94. The molecule has 1 aliphatic heterocycles. The molecule has 132 valence electrons. The lowest BCUT2D eigenvalue weighted by Crippen LogP contribution is -2.32. The zero-order valence-corrected chi connectivity index (χ0v) is 14.8. The van der Waals surface area contributed by atoms with Gasteiger partial charge in [-0.1, -0.05) is 13.0 Å². The van der Waals surface area contributed by atoms with Crippen molar-refractivity contribution in [3.05, 3.63) is 47.5 Å². The SMILES string of the molecule is CC[C@H](Oc1ccc(C)c(C)c1)C(=O)Nc1ccc2c(c1)OCCO2. The van der Waals surface area contributed by atoms with Gasteiger partial charge in [0, 0.05) is 11.8 Å². The van der Waals surface area contributed by atoms with E-state index in [9.17, 15) is 4.79 Å². The smallest absolute Gasteiger partial charge is 0.265 e. The van der Waals surface area contributed by atoms with Crippen LogP contribution in [0.2, 0.25) is 0 Å². The van der Waals surface area contributed by atoms with Crippen molar-refractivity contribution in [2.75, 3.05) is 18.5 Å². The third-order valence-corrected chi connectivity index (χ3v) is 4.23. The van der Waals surface area contributed by atoms with E-state index in [1.54, 1.807) is 18.2 Å². The van der Waals surface area contributed by atoms with Crippen LogP contribution in [-0.2, 0) is 4.79 Å². The molecule has 1 heterocycles. The summed E-state index contributed by atoms with van der Waals surface area (Å²) in [6.45, 7) is 7.05. The summed E-state index contributed by atoms with van der Waals surface area (Å²) in [5.74, 6) is 1.86. The third-order valence-electron chi connectivity index (χ3n) is 4.23. The Kier molecular flexibility index (Phi) is 5.12. The molecular weight excluding hydrogens is 318 g/mol. The molecule has 0 bridgehead atoms. The minimum Gasteiger partial charge on any atom is -0.486 e. The third kappa shape index (κ3) is 4.05. The summed E-state index contributed by atoms with van der Waals surface area (Å²) in [5.41, 5.74) is 3.00. The molecule has 0 aromatic heterocycles. The van der Waals surface area contributed by atoms with E-state index < -0.39 is 6.10 Å². The van der Waals surface area contributed by atoms with Gasteiger partial charge >= 0.3 is 0 Å². The first-order valence-electron chi connectivity index (χ1n) is 8.51. The lowest BCUT2D eigenvalue weighted by atomic mass is 10.1. The number of ether oxygens (including phenoxy) is 3. The topological polar surface area (TPSA) is 56.8 Å². The predicted octanol–water partition coefficient (Wildman–Crippen LogP) is 3.87. The highest BCUT2D eigenvalue weighted by atomic mass is 16.6. The van der Waals surface area contributed by atoms with Gasteiger partial charge in [-0.15, -0.1) is 0 Å². The van der Waals surface area contributed by atoms with Crippen molar-refractivity contribution in [1.29, 1.82) is 0 Å². The molecule has 0 radical (unpaired) electrons. The largest absolute Gasteiger partial charge is 0.486 e. The first-order chi connectivity index (χ1) is 12.1. The minimum atomic E-state index is -0.560. The van der Waals surface area contributed by atoms with Crippen LogP contribution in [0.3, 0.4) is 0 Å². The van der Waals surface area contributed by atoms with Crippen molar-refractivity contribution < 1.29 is 19.0 Å². The van der Waals surface area contributed by atoms with E-state index in [4.69, 9.17) is 14.2 Å². The fourth-order valence-electron chi connectivity index (χ4n) is 2.62. The molecule has 0 saturated carbocycles. The maximum absolute atomic E-state index is 12.6. The molecule has 2 aromatic carbocycles. The van der Waals surface area contributed by atoms with Crippen LogP contribution in [0.5, 0.6) is 17.2 Å². The lowest BCUT2D eigenvalue weighted by molar-refractivity contribution is -0.122. The van der Waals surface area contributed by atoms with Crippen molar-refractivity contribution in [3.63, 3.8) is 0 Å². The van der Waals surface area contributed by atoms with Gasteiger partial charge < -0.3 is 19.5 Å². The maximum atomic E-state index is 12.6. The summed E-state index contributed by atoms with van der Waals surface area (Å²) in [4.78, 5) is 12.6. The molecule has 5 heteroatoms. The first-order valence-corrected chi connectivity index (χ1v) is 8.51. The monoisotopic (exact) mass is 341 g/mol. The number of rotatable bonds is 5. The Labute approximate surface area is 147 Å². The van der Waals surface area contributed by atoms with Gasteiger partial charge in [0.05, 0.1) is 0 Å². The van der Waals surface area contributed by atoms with Gasteiger partial charge in [-0.2, -0.15) is 0 Å². The van der Waals surface area contributed by atoms with Gasteiger partial charge in [-0.05, 0) is 55.7 Å². The Morgan fingerprint density at radius 3 is 2.56 bits per heavy atom. The lowest BCUT2D eigenvalue weighted by Gasteiger charge is -2.20. The Morgan fingerprint density at radius 1 is 1.08 bits per heavy atom. The van der Waals surface area contributed by atoms with Gasteiger partial charge in [0.2, 0.25) is 0 Å². The number of fused-ring (bicyclic) bond motifs is 1. The van der Waals surface area contributed by atoms with Crippen molar-refractivity contribution in [2.24, 2.45) is 0 Å². The molecule has 25 heavy (non-hydrogen) atoms. The molecule has 5 nitrogen and oxygen atoms in total. The normalized spacial score (nSPS) is 13.9. The van der Waals surface area contributed by atoms with Gasteiger partial charge in [0.15, 0.2) is 17.6 Å². The molecule has 0 fully saturated rings. The Morgan fingerprint density at radius 2 is 1.84 bits per heavy atom. The summed E-state index contributed by atoms with van der Waals surface area (Å²) >= 11 is 0. The van der Waals surface area contributed by atoms with Gasteiger partial charge in [0.1, 0.15) is 19.0 Å². The first kappa shape index (κ1) is 17.1. The Balaban J connectivity index is 1.68. The van der Waals surface area contributed by atoms with E-state index in [1.807, 2.05) is 39.0 Å². The van der Waals surface area contributed by atoms with Gasteiger partial charge in [-0.3, -0.25) is 4.79 Å². The van der Waals surface area contributed by atoms with Gasteiger partial charge in [0.25, 0.3) is 5.91 Å². The number of carbonyl (C=O) groups excluding carboxylic acids is 1. The molecule has 0 aliphatic carbocycles. The highest BCUT2D eigenvalue weighted by Crippen LogP contribution is 2.32. The van der Waals surface area contributed by atoms with E-state index >= 15 is 0 Å². The molecule has 0 unspecified atom stereocenters. The summed E-state index contributed by atoms with van der Waals surface area (Å²) in [6, 6.07) is 11.2. The van der Waals surface area contributed by atoms with Crippen LogP contribution in [0, 0.1) is 13.8 Å². The van der Waals surface area contributed by atoms with Crippen LogP contribution in [0.1, 0.15) is 24.5 Å². The zero-order chi connectivity index (χ0) is 17.8. The Hall–Kier alpha value is -2.69. The van der Waals surface area contributed by atoms with Crippen molar-refractivity contribution in [1.82, 2.24) is 0 Å². The van der Waals surface area contributed by atoms with E-state index in [-0.39, 0.29) is 5.91 Å². The Bertz CT molecular complexity index is 772. The summed E-state index contributed by atoms with van der Waals surface area (Å²) in [5, 5.41) is 2.89. The average molecular weight is 341 g/mol. The molecule has 0 saturated heterocycles. The van der Waals surface area contributed by atoms with E-state index in [2.05, 4.69) is 5.32 Å². The average Bonchev–Trinajstić information content (AvgIpc) is 2.62. The van der Waals surface area contributed by atoms with Crippen molar-refractivity contribution in [3.8, 4) is 17.2 Å². The van der Waals surface area contributed by atoms with Crippen LogP contribution >= 0.6 is 0 Å². The van der Waals surface area contributed by atoms with E-state index in [1.165, 1.54) is 5.56 Å². The second-order valence-corrected chi connectivity index (χ2v) is 6.11. The minimum absolute atomic E-state index is 0.183. The maximum Gasteiger partial charge on any atom is 0.265 e. The number of hydrogen-bond donors (Lipinski definition) is 1. The van der Waals surface area contributed by atoms with Crippen molar-refractivity contribution in [2.45, 2.75) is 33.3 Å². The number of carbonyl (C=O) groups is 1. The standard InChI is InChI=1S/C20H23NO4/c1-4-17(25-16-7-5-13(2)14(3)11-16)20(22)21-15-6-8-18-19(12-15)24-10-9-23-18/h5-8,11-12,17H,4,9-10H2,1-3H3,(H,21,22)/t17-/m0/s1. The fraction of sp³-hybridized carbons (Fsp3) is 0.350.